The van der Waals surface area contributed by atoms with Gasteiger partial charge in [0.05, 0.1) is 0 Å². The summed E-state index contributed by atoms with van der Waals surface area (Å²) in [6.07, 6.45) is 0.313. The number of benzene rings is 2. The summed E-state index contributed by atoms with van der Waals surface area (Å²) in [5.41, 5.74) is 9.08. The van der Waals surface area contributed by atoms with Crippen LogP contribution >= 0.6 is 0 Å². The molecule has 0 heterocycles. The number of halogens is 1. The molecular weight excluding hydrogens is 373 g/mol. The van der Waals surface area contributed by atoms with E-state index in [0.717, 1.165) is 16.7 Å². The van der Waals surface area contributed by atoms with Gasteiger partial charge in [-0.25, -0.2) is 4.39 Å². The summed E-state index contributed by atoms with van der Waals surface area (Å²) >= 11 is 0. The number of nitrogens with one attached hydrogen (secondary N) is 2. The molecule has 0 saturated carbocycles. The molecule has 4 N–H and O–H groups in total. The van der Waals surface area contributed by atoms with Gasteiger partial charge in [-0.1, -0.05) is 30.3 Å². The molecule has 0 aliphatic rings. The Morgan fingerprint density at radius 2 is 1.59 bits per heavy atom. The van der Waals surface area contributed by atoms with Crippen LogP contribution in [0.25, 0.3) is 0 Å². The highest BCUT2D eigenvalue weighted by molar-refractivity contribution is 5.91. The van der Waals surface area contributed by atoms with Crippen LogP contribution in [0.3, 0.4) is 0 Å². The average molecular weight is 399 g/mol. The molecule has 2 aromatic rings. The van der Waals surface area contributed by atoms with E-state index in [1.807, 2.05) is 32.0 Å². The summed E-state index contributed by atoms with van der Waals surface area (Å²) in [4.78, 5) is 36.2. The van der Waals surface area contributed by atoms with Gasteiger partial charge in [0.15, 0.2) is 0 Å². The SMILES string of the molecule is CC(=O)N[C@@H](Cc1cccc(F)c1)C(=O)N[C@@H](Cc1ccc(C)c(C)c1)C(N)=O. The first-order valence-electron chi connectivity index (χ1n) is 9.33. The van der Waals surface area contributed by atoms with Crippen molar-refractivity contribution in [1.82, 2.24) is 10.6 Å². The summed E-state index contributed by atoms with van der Waals surface area (Å²) in [5, 5.41) is 5.16. The van der Waals surface area contributed by atoms with E-state index in [1.54, 1.807) is 6.07 Å². The molecule has 154 valence electrons. The Morgan fingerprint density at radius 3 is 2.17 bits per heavy atom. The minimum Gasteiger partial charge on any atom is -0.368 e. The fourth-order valence-corrected chi connectivity index (χ4v) is 3.02. The maximum atomic E-state index is 13.5. The van der Waals surface area contributed by atoms with E-state index in [-0.39, 0.29) is 12.8 Å². The molecule has 2 rings (SSSR count). The van der Waals surface area contributed by atoms with Gasteiger partial charge in [-0.05, 0) is 48.2 Å². The monoisotopic (exact) mass is 399 g/mol. The summed E-state index contributed by atoms with van der Waals surface area (Å²) in [6.45, 7) is 5.23. The number of amides is 3. The lowest BCUT2D eigenvalue weighted by Gasteiger charge is -2.22. The smallest absolute Gasteiger partial charge is 0.243 e. The van der Waals surface area contributed by atoms with E-state index in [0.29, 0.717) is 5.56 Å². The number of hydrogen-bond acceptors (Lipinski definition) is 3. The van der Waals surface area contributed by atoms with Crippen LogP contribution < -0.4 is 16.4 Å². The topological polar surface area (TPSA) is 101 Å². The quantitative estimate of drug-likeness (QED) is 0.630. The standard InChI is InChI=1S/C22H26FN3O3/c1-13-7-8-17(9-14(13)2)11-19(21(24)28)26-22(29)20(25-15(3)27)12-16-5-4-6-18(23)10-16/h4-10,19-20H,11-12H2,1-3H3,(H2,24,28)(H,25,27)(H,26,29)/t19-,20-/m0/s1. The molecule has 0 spiro atoms. The normalized spacial score (nSPS) is 12.7. The Labute approximate surface area is 169 Å². The highest BCUT2D eigenvalue weighted by Gasteiger charge is 2.25. The molecule has 0 radical (unpaired) electrons. The maximum absolute atomic E-state index is 13.5. The van der Waals surface area contributed by atoms with Crippen LogP contribution in [0.2, 0.25) is 0 Å². The van der Waals surface area contributed by atoms with Crippen molar-refractivity contribution in [3.05, 3.63) is 70.5 Å². The van der Waals surface area contributed by atoms with E-state index < -0.39 is 35.6 Å². The number of primary amides is 1. The average Bonchev–Trinajstić information content (AvgIpc) is 2.63. The molecule has 0 bridgehead atoms. The van der Waals surface area contributed by atoms with Gasteiger partial charge in [-0.15, -0.1) is 0 Å². The number of carbonyl (C=O) groups is 3. The number of nitrogens with two attached hydrogens (primary N) is 1. The first-order valence-corrected chi connectivity index (χ1v) is 9.33. The molecule has 3 amide bonds. The second kappa shape index (κ2) is 9.82. The molecule has 0 saturated heterocycles. The number of aryl methyl sites for hydroxylation is 2. The number of carbonyl (C=O) groups excluding carboxylic acids is 3. The zero-order chi connectivity index (χ0) is 21.6. The molecule has 6 nitrogen and oxygen atoms in total. The first kappa shape index (κ1) is 22.1. The molecule has 2 atom stereocenters. The van der Waals surface area contributed by atoms with Crippen molar-refractivity contribution in [1.29, 1.82) is 0 Å². The molecular formula is C22H26FN3O3. The van der Waals surface area contributed by atoms with Crippen molar-refractivity contribution in [3.8, 4) is 0 Å². The third-order valence-corrected chi connectivity index (χ3v) is 4.69. The summed E-state index contributed by atoms with van der Waals surface area (Å²) in [5.74, 6) is -2.08. The predicted molar refractivity (Wildman–Crippen MR) is 108 cm³/mol. The lowest BCUT2D eigenvalue weighted by atomic mass is 9.99. The van der Waals surface area contributed by atoms with Crippen LogP contribution in [-0.2, 0) is 27.2 Å². The summed E-state index contributed by atoms with van der Waals surface area (Å²) in [7, 11) is 0. The Morgan fingerprint density at radius 1 is 0.931 bits per heavy atom. The largest absolute Gasteiger partial charge is 0.368 e. The summed E-state index contributed by atoms with van der Waals surface area (Å²) in [6, 6.07) is 9.63. The lowest BCUT2D eigenvalue weighted by molar-refractivity contribution is -0.130. The molecule has 7 heteroatoms. The Kier molecular flexibility index (Phi) is 7.47. The minimum atomic E-state index is -0.962. The van der Waals surface area contributed by atoms with Crippen LogP contribution in [0, 0.1) is 19.7 Å². The van der Waals surface area contributed by atoms with Gasteiger partial charge in [0.1, 0.15) is 17.9 Å². The molecule has 0 aliphatic carbocycles. The molecule has 0 aliphatic heterocycles. The van der Waals surface area contributed by atoms with Gasteiger partial charge >= 0.3 is 0 Å². The Balaban J connectivity index is 2.15. The van der Waals surface area contributed by atoms with E-state index in [4.69, 9.17) is 5.73 Å². The third kappa shape index (κ3) is 6.71. The van der Waals surface area contributed by atoms with Gasteiger partial charge in [0.25, 0.3) is 0 Å². The maximum Gasteiger partial charge on any atom is 0.243 e. The number of hydrogen-bond donors (Lipinski definition) is 3. The first-order chi connectivity index (χ1) is 13.7. The van der Waals surface area contributed by atoms with Gasteiger partial charge in [0, 0.05) is 19.8 Å². The minimum absolute atomic E-state index is 0.0816. The van der Waals surface area contributed by atoms with E-state index in [9.17, 15) is 18.8 Å². The molecule has 0 fully saturated rings. The second-order valence-electron chi connectivity index (χ2n) is 7.17. The highest BCUT2D eigenvalue weighted by atomic mass is 19.1. The van der Waals surface area contributed by atoms with Crippen LogP contribution in [-0.4, -0.2) is 29.8 Å². The van der Waals surface area contributed by atoms with E-state index >= 15 is 0 Å². The number of rotatable bonds is 8. The molecule has 2 aromatic carbocycles. The molecule has 29 heavy (non-hydrogen) atoms. The fraction of sp³-hybridized carbons (Fsp3) is 0.318. The zero-order valence-corrected chi connectivity index (χ0v) is 16.8. The van der Waals surface area contributed by atoms with Crippen LogP contribution in [0.4, 0.5) is 4.39 Å². The van der Waals surface area contributed by atoms with Gasteiger partial charge in [0.2, 0.25) is 17.7 Å². The van der Waals surface area contributed by atoms with Crippen LogP contribution in [0.5, 0.6) is 0 Å². The van der Waals surface area contributed by atoms with E-state index in [1.165, 1.54) is 25.1 Å². The van der Waals surface area contributed by atoms with Crippen LogP contribution in [0.1, 0.15) is 29.2 Å². The lowest BCUT2D eigenvalue weighted by Crippen LogP contribution is -2.54. The van der Waals surface area contributed by atoms with Gasteiger partial charge in [-0.3, -0.25) is 14.4 Å². The van der Waals surface area contributed by atoms with Crippen molar-refractivity contribution in [2.45, 2.75) is 45.7 Å². The van der Waals surface area contributed by atoms with Crippen LogP contribution in [0.15, 0.2) is 42.5 Å². The Bertz CT molecular complexity index is 914. The predicted octanol–water partition coefficient (Wildman–Crippen LogP) is 1.70. The summed E-state index contributed by atoms with van der Waals surface area (Å²) < 4.78 is 13.5. The highest BCUT2D eigenvalue weighted by Crippen LogP contribution is 2.12. The molecule has 0 unspecified atom stereocenters. The second-order valence-corrected chi connectivity index (χ2v) is 7.17. The Hall–Kier alpha value is -3.22. The third-order valence-electron chi connectivity index (χ3n) is 4.69. The van der Waals surface area contributed by atoms with Crippen molar-refractivity contribution >= 4 is 17.7 Å². The van der Waals surface area contributed by atoms with E-state index in [2.05, 4.69) is 10.6 Å². The fourth-order valence-electron chi connectivity index (χ4n) is 3.02. The van der Waals surface area contributed by atoms with Gasteiger partial charge < -0.3 is 16.4 Å². The zero-order valence-electron chi connectivity index (χ0n) is 16.8. The van der Waals surface area contributed by atoms with Crippen molar-refractivity contribution in [2.24, 2.45) is 5.73 Å². The molecule has 0 aromatic heterocycles. The van der Waals surface area contributed by atoms with Crippen molar-refractivity contribution < 1.29 is 18.8 Å². The van der Waals surface area contributed by atoms with Crippen molar-refractivity contribution in [3.63, 3.8) is 0 Å². The van der Waals surface area contributed by atoms with Crippen molar-refractivity contribution in [2.75, 3.05) is 0 Å². The van der Waals surface area contributed by atoms with Gasteiger partial charge in [-0.2, -0.15) is 0 Å².